The molecule has 0 spiro atoms. The second kappa shape index (κ2) is 6.81. The Balaban J connectivity index is 0.000000241. The first kappa shape index (κ1) is 13.4. The minimum absolute atomic E-state index is 0.221. The monoisotopic (exact) mass is 236 g/mol. The molecule has 0 atom stereocenters. The van der Waals surface area contributed by atoms with E-state index in [9.17, 15) is 8.42 Å². The van der Waals surface area contributed by atoms with E-state index in [1.807, 2.05) is 30.3 Å². The van der Waals surface area contributed by atoms with Crippen molar-refractivity contribution in [2.24, 2.45) is 0 Å². The fourth-order valence-electron chi connectivity index (χ4n) is 0.629. The van der Waals surface area contributed by atoms with Gasteiger partial charge in [0.25, 0.3) is 10.1 Å². The van der Waals surface area contributed by atoms with Crippen molar-refractivity contribution >= 4 is 21.7 Å². The average Bonchev–Trinajstić information content (AvgIpc) is 2.04. The second-order valence-corrected chi connectivity index (χ2v) is 4.49. The molecule has 0 aromatic heterocycles. The number of benzene rings is 1. The standard InChI is InChI=1S/C6H5Cl.C3H8O3S/c7-6-4-2-1-3-5-6;1-3-6-7(2,4)5/h1-5H;3H2,1-2H3. The van der Waals surface area contributed by atoms with E-state index in [2.05, 4.69) is 4.18 Å². The Bertz CT molecular complexity index is 334. The van der Waals surface area contributed by atoms with Gasteiger partial charge < -0.3 is 0 Å². The maximum Gasteiger partial charge on any atom is 0.264 e. The lowest BCUT2D eigenvalue weighted by Crippen LogP contribution is -2.00. The van der Waals surface area contributed by atoms with E-state index >= 15 is 0 Å². The Labute approximate surface area is 89.8 Å². The van der Waals surface area contributed by atoms with Gasteiger partial charge >= 0.3 is 0 Å². The van der Waals surface area contributed by atoms with Crippen molar-refractivity contribution in [1.82, 2.24) is 0 Å². The molecule has 5 heteroatoms. The van der Waals surface area contributed by atoms with E-state index in [4.69, 9.17) is 11.6 Å². The zero-order valence-corrected chi connectivity index (χ0v) is 9.68. The molecule has 0 fully saturated rings. The van der Waals surface area contributed by atoms with Gasteiger partial charge in [-0.05, 0) is 19.1 Å². The Morgan fingerprint density at radius 1 is 1.29 bits per heavy atom. The van der Waals surface area contributed by atoms with Crippen molar-refractivity contribution < 1.29 is 12.6 Å². The molecule has 0 aliphatic heterocycles. The highest BCUT2D eigenvalue weighted by molar-refractivity contribution is 7.85. The minimum Gasteiger partial charge on any atom is -0.271 e. The molecule has 1 aromatic rings. The van der Waals surface area contributed by atoms with Crippen LogP contribution in [0.3, 0.4) is 0 Å². The van der Waals surface area contributed by atoms with E-state index in [0.29, 0.717) is 0 Å². The van der Waals surface area contributed by atoms with Gasteiger partial charge in [0.05, 0.1) is 12.9 Å². The molecular formula is C9H13ClO3S. The number of halogens is 1. The summed E-state index contributed by atoms with van der Waals surface area (Å²) in [6.45, 7) is 1.85. The Kier molecular flexibility index (Phi) is 6.53. The number of rotatable bonds is 2. The molecule has 0 aliphatic rings. The molecule has 0 radical (unpaired) electrons. The third kappa shape index (κ3) is 9.51. The molecule has 0 saturated heterocycles. The minimum atomic E-state index is -3.17. The summed E-state index contributed by atoms with van der Waals surface area (Å²) in [4.78, 5) is 0. The first-order valence-electron chi connectivity index (χ1n) is 4.00. The summed E-state index contributed by atoms with van der Waals surface area (Å²) in [6, 6.07) is 9.44. The summed E-state index contributed by atoms with van der Waals surface area (Å²) in [5, 5.41) is 0.794. The SMILES string of the molecule is CCOS(C)(=O)=O.Clc1ccccc1. The Hall–Kier alpha value is -0.580. The van der Waals surface area contributed by atoms with Crippen LogP contribution in [0.1, 0.15) is 6.92 Å². The van der Waals surface area contributed by atoms with E-state index < -0.39 is 10.1 Å². The number of hydrogen-bond acceptors (Lipinski definition) is 3. The van der Waals surface area contributed by atoms with Crippen LogP contribution in [0.25, 0.3) is 0 Å². The van der Waals surface area contributed by atoms with Crippen LogP contribution < -0.4 is 0 Å². The van der Waals surface area contributed by atoms with E-state index in [1.54, 1.807) is 6.92 Å². The molecule has 0 amide bonds. The molecule has 14 heavy (non-hydrogen) atoms. The highest BCUT2D eigenvalue weighted by Crippen LogP contribution is 2.03. The van der Waals surface area contributed by atoms with E-state index in [1.165, 1.54) is 0 Å². The second-order valence-electron chi connectivity index (χ2n) is 2.41. The fourth-order valence-corrected chi connectivity index (χ4v) is 1.20. The molecule has 0 N–H and O–H groups in total. The van der Waals surface area contributed by atoms with Crippen LogP contribution in [0.4, 0.5) is 0 Å². The van der Waals surface area contributed by atoms with Gasteiger partial charge in [-0.15, -0.1) is 0 Å². The highest BCUT2D eigenvalue weighted by atomic mass is 35.5. The summed E-state index contributed by atoms with van der Waals surface area (Å²) in [6.07, 6.45) is 1.02. The summed E-state index contributed by atoms with van der Waals surface area (Å²) in [5.41, 5.74) is 0. The summed E-state index contributed by atoms with van der Waals surface area (Å²) in [5.74, 6) is 0. The molecule has 0 aliphatic carbocycles. The lowest BCUT2D eigenvalue weighted by atomic mass is 10.4. The predicted octanol–water partition coefficient (Wildman–Crippen LogP) is 2.32. The van der Waals surface area contributed by atoms with E-state index in [0.717, 1.165) is 11.3 Å². The molecule has 3 nitrogen and oxygen atoms in total. The van der Waals surface area contributed by atoms with Gasteiger partial charge in [0, 0.05) is 5.02 Å². The maximum atomic E-state index is 10.0. The van der Waals surface area contributed by atoms with Gasteiger partial charge in [0.2, 0.25) is 0 Å². The van der Waals surface area contributed by atoms with Gasteiger partial charge in [0.1, 0.15) is 0 Å². The van der Waals surface area contributed by atoms with Crippen LogP contribution in [0.15, 0.2) is 30.3 Å². The summed E-state index contributed by atoms with van der Waals surface area (Å²) in [7, 11) is -3.17. The van der Waals surface area contributed by atoms with Crippen molar-refractivity contribution in [3.05, 3.63) is 35.4 Å². The van der Waals surface area contributed by atoms with Crippen LogP contribution in [0.2, 0.25) is 5.02 Å². The summed E-state index contributed by atoms with van der Waals surface area (Å²) >= 11 is 5.54. The van der Waals surface area contributed by atoms with Crippen LogP contribution in [-0.4, -0.2) is 21.3 Å². The van der Waals surface area contributed by atoms with Gasteiger partial charge in [-0.3, -0.25) is 4.18 Å². The van der Waals surface area contributed by atoms with Crippen molar-refractivity contribution in [2.45, 2.75) is 6.92 Å². The van der Waals surface area contributed by atoms with Crippen LogP contribution in [0.5, 0.6) is 0 Å². The van der Waals surface area contributed by atoms with Gasteiger partial charge in [-0.2, -0.15) is 8.42 Å². The molecule has 80 valence electrons. The molecule has 0 unspecified atom stereocenters. The molecule has 1 aromatic carbocycles. The van der Waals surface area contributed by atoms with E-state index in [-0.39, 0.29) is 6.61 Å². The lowest BCUT2D eigenvalue weighted by molar-refractivity contribution is 0.342. The molecule has 1 rings (SSSR count). The van der Waals surface area contributed by atoms with Gasteiger partial charge in [0.15, 0.2) is 0 Å². The van der Waals surface area contributed by atoms with Gasteiger partial charge in [-0.25, -0.2) is 0 Å². The predicted molar refractivity (Wildman–Crippen MR) is 57.9 cm³/mol. The van der Waals surface area contributed by atoms with Crippen molar-refractivity contribution in [2.75, 3.05) is 12.9 Å². The largest absolute Gasteiger partial charge is 0.271 e. The summed E-state index contributed by atoms with van der Waals surface area (Å²) < 4.78 is 24.2. The topological polar surface area (TPSA) is 43.4 Å². The van der Waals surface area contributed by atoms with Crippen LogP contribution in [-0.2, 0) is 14.3 Å². The quantitative estimate of drug-likeness (QED) is 0.741. The first-order chi connectivity index (χ1) is 6.45. The molecule has 0 saturated carbocycles. The highest BCUT2D eigenvalue weighted by Gasteiger charge is 1.94. The normalized spacial score (nSPS) is 10.2. The zero-order chi connectivity index (χ0) is 11.0. The van der Waals surface area contributed by atoms with Crippen LogP contribution in [0, 0.1) is 0 Å². The number of hydrogen-bond donors (Lipinski definition) is 0. The maximum absolute atomic E-state index is 10.0. The van der Waals surface area contributed by atoms with Crippen LogP contribution >= 0.6 is 11.6 Å². The van der Waals surface area contributed by atoms with Crippen molar-refractivity contribution in [3.8, 4) is 0 Å². The van der Waals surface area contributed by atoms with Gasteiger partial charge in [-0.1, -0.05) is 29.8 Å². The van der Waals surface area contributed by atoms with Crippen molar-refractivity contribution in [1.29, 1.82) is 0 Å². The third-order valence-corrected chi connectivity index (χ3v) is 1.98. The lowest BCUT2D eigenvalue weighted by Gasteiger charge is -1.90. The Morgan fingerprint density at radius 3 is 1.93 bits per heavy atom. The zero-order valence-electron chi connectivity index (χ0n) is 8.10. The van der Waals surface area contributed by atoms with Crippen molar-refractivity contribution in [3.63, 3.8) is 0 Å². The third-order valence-electron chi connectivity index (χ3n) is 1.07. The fraction of sp³-hybridized carbons (Fsp3) is 0.333. The Morgan fingerprint density at radius 2 is 1.79 bits per heavy atom. The molecule has 0 heterocycles. The smallest absolute Gasteiger partial charge is 0.264 e. The molecular weight excluding hydrogens is 224 g/mol. The average molecular weight is 237 g/mol. The first-order valence-corrected chi connectivity index (χ1v) is 6.20. The molecule has 0 bridgehead atoms.